The molecule has 1 N–H and O–H groups in total. The van der Waals surface area contributed by atoms with E-state index < -0.39 is 0 Å². The molecule has 0 aliphatic carbocycles. The largest absolute Gasteiger partial charge is 0.494 e. The van der Waals surface area contributed by atoms with Crippen LogP contribution in [-0.4, -0.2) is 22.8 Å². The van der Waals surface area contributed by atoms with E-state index in [9.17, 15) is 4.79 Å². The van der Waals surface area contributed by atoms with Crippen molar-refractivity contribution in [2.75, 3.05) is 6.61 Å². The number of benzene rings is 2. The average molecular weight is 311 g/mol. The first-order chi connectivity index (χ1) is 11.3. The smallest absolute Gasteiger partial charge is 0.220 e. The molecule has 0 aliphatic heterocycles. The van der Waals surface area contributed by atoms with E-state index in [4.69, 9.17) is 4.74 Å². The van der Waals surface area contributed by atoms with Gasteiger partial charge in [-0.3, -0.25) is 4.79 Å². The Labute approximate surface area is 133 Å². The highest BCUT2D eigenvalue weighted by Gasteiger charge is 2.04. The molecule has 0 saturated carbocycles. The van der Waals surface area contributed by atoms with Crippen LogP contribution in [0.4, 0.5) is 0 Å². The van der Waals surface area contributed by atoms with E-state index in [1.807, 2.05) is 48.5 Å². The number of nitrogens with one attached hydrogen (secondary N) is 1. The van der Waals surface area contributed by atoms with Crippen molar-refractivity contribution in [3.63, 3.8) is 0 Å². The lowest BCUT2D eigenvalue weighted by Crippen LogP contribution is -2.22. The molecule has 0 bridgehead atoms. The highest BCUT2D eigenvalue weighted by atomic mass is 16.6. The lowest BCUT2D eigenvalue weighted by Gasteiger charge is -2.07. The van der Waals surface area contributed by atoms with Crippen molar-refractivity contribution in [2.24, 2.45) is 0 Å². The molecular weight excluding hydrogens is 294 g/mol. The molecule has 0 radical (unpaired) electrons. The van der Waals surface area contributed by atoms with Gasteiger partial charge in [0.05, 0.1) is 6.61 Å². The Morgan fingerprint density at radius 2 is 1.91 bits per heavy atom. The number of rotatable bonds is 7. The van der Waals surface area contributed by atoms with Gasteiger partial charge >= 0.3 is 0 Å². The minimum Gasteiger partial charge on any atom is -0.494 e. The van der Waals surface area contributed by atoms with Crippen molar-refractivity contribution in [3.8, 4) is 5.75 Å². The van der Waals surface area contributed by atoms with E-state index in [-0.39, 0.29) is 5.91 Å². The van der Waals surface area contributed by atoms with E-state index in [0.29, 0.717) is 37.0 Å². The molecule has 23 heavy (non-hydrogen) atoms. The number of hydrogen-bond donors (Lipinski definition) is 1. The number of nitrogens with zero attached hydrogens (tertiary/aromatic N) is 2. The third kappa shape index (κ3) is 4.29. The maximum Gasteiger partial charge on any atom is 0.220 e. The Kier molecular flexibility index (Phi) is 4.83. The van der Waals surface area contributed by atoms with Crippen molar-refractivity contribution in [2.45, 2.75) is 19.4 Å². The fraction of sp³-hybridized carbons (Fsp3) is 0.235. The molecule has 0 spiro atoms. The molecule has 0 unspecified atom stereocenters. The van der Waals surface area contributed by atoms with Gasteiger partial charge in [-0.05, 0) is 46.6 Å². The molecule has 118 valence electrons. The molecule has 6 nitrogen and oxygen atoms in total. The van der Waals surface area contributed by atoms with Gasteiger partial charge in [-0.2, -0.15) is 0 Å². The monoisotopic (exact) mass is 311 g/mol. The Hall–Kier alpha value is -2.89. The van der Waals surface area contributed by atoms with Crippen LogP contribution in [0.5, 0.6) is 5.75 Å². The highest BCUT2D eigenvalue weighted by Crippen LogP contribution is 2.11. The standard InChI is InChI=1S/C17H17N3O3/c21-17(7-4-10-22-14-5-2-1-3-6-14)18-12-13-8-9-15-16(11-13)20-23-19-15/h1-3,5-6,8-9,11H,4,7,10,12H2,(H,18,21). The fourth-order valence-corrected chi connectivity index (χ4v) is 2.17. The number of para-hydroxylation sites is 1. The van der Waals surface area contributed by atoms with Gasteiger partial charge in [0.2, 0.25) is 5.91 Å². The number of ether oxygens (including phenoxy) is 1. The van der Waals surface area contributed by atoms with Gasteiger partial charge in [-0.25, -0.2) is 4.63 Å². The second-order valence-electron chi connectivity index (χ2n) is 5.13. The minimum atomic E-state index is 0.0000337. The Morgan fingerprint density at radius 1 is 1.09 bits per heavy atom. The first kappa shape index (κ1) is 15.0. The van der Waals surface area contributed by atoms with Crippen LogP contribution in [0.2, 0.25) is 0 Å². The first-order valence-corrected chi connectivity index (χ1v) is 7.47. The van der Waals surface area contributed by atoms with Crippen molar-refractivity contribution < 1.29 is 14.2 Å². The lowest BCUT2D eigenvalue weighted by atomic mass is 10.2. The summed E-state index contributed by atoms with van der Waals surface area (Å²) in [5.74, 6) is 0.822. The van der Waals surface area contributed by atoms with Gasteiger partial charge in [0.1, 0.15) is 16.8 Å². The Balaban J connectivity index is 1.37. The van der Waals surface area contributed by atoms with E-state index in [0.717, 1.165) is 11.3 Å². The van der Waals surface area contributed by atoms with E-state index in [1.54, 1.807) is 0 Å². The van der Waals surface area contributed by atoms with E-state index in [2.05, 4.69) is 20.3 Å². The second-order valence-corrected chi connectivity index (χ2v) is 5.13. The molecule has 1 amide bonds. The number of carbonyl (C=O) groups is 1. The van der Waals surface area contributed by atoms with Crippen LogP contribution < -0.4 is 10.1 Å². The molecule has 0 saturated heterocycles. The summed E-state index contributed by atoms with van der Waals surface area (Å²) < 4.78 is 10.2. The van der Waals surface area contributed by atoms with Crippen LogP contribution in [0.15, 0.2) is 53.2 Å². The molecule has 0 aliphatic rings. The summed E-state index contributed by atoms with van der Waals surface area (Å²) in [4.78, 5) is 11.8. The van der Waals surface area contributed by atoms with Crippen molar-refractivity contribution in [1.82, 2.24) is 15.6 Å². The lowest BCUT2D eigenvalue weighted by molar-refractivity contribution is -0.121. The molecule has 0 atom stereocenters. The van der Waals surface area contributed by atoms with Gasteiger partial charge in [0.25, 0.3) is 0 Å². The predicted octanol–water partition coefficient (Wildman–Crippen LogP) is 2.70. The van der Waals surface area contributed by atoms with Gasteiger partial charge in [0, 0.05) is 13.0 Å². The third-order valence-electron chi connectivity index (χ3n) is 3.37. The molecule has 3 rings (SSSR count). The summed E-state index contributed by atoms with van der Waals surface area (Å²) in [7, 11) is 0. The zero-order valence-corrected chi connectivity index (χ0v) is 12.6. The summed E-state index contributed by atoms with van der Waals surface area (Å²) in [5, 5.41) is 10.4. The molecular formula is C17H17N3O3. The van der Waals surface area contributed by atoms with Gasteiger partial charge in [0.15, 0.2) is 0 Å². The van der Waals surface area contributed by atoms with Crippen LogP contribution in [0.1, 0.15) is 18.4 Å². The second kappa shape index (κ2) is 7.40. The van der Waals surface area contributed by atoms with Crippen LogP contribution in [-0.2, 0) is 11.3 Å². The first-order valence-electron chi connectivity index (χ1n) is 7.47. The third-order valence-corrected chi connectivity index (χ3v) is 3.37. The average Bonchev–Trinajstić information content (AvgIpc) is 3.05. The summed E-state index contributed by atoms with van der Waals surface area (Å²) in [6.45, 7) is 0.981. The van der Waals surface area contributed by atoms with E-state index in [1.165, 1.54) is 0 Å². The van der Waals surface area contributed by atoms with Gasteiger partial charge in [-0.1, -0.05) is 24.3 Å². The molecule has 6 heteroatoms. The summed E-state index contributed by atoms with van der Waals surface area (Å²) in [6, 6.07) is 15.1. The quantitative estimate of drug-likeness (QED) is 0.679. The molecule has 0 fully saturated rings. The van der Waals surface area contributed by atoms with Gasteiger partial charge in [-0.15, -0.1) is 0 Å². The maximum absolute atomic E-state index is 11.8. The molecule has 3 aromatic rings. The zero-order chi connectivity index (χ0) is 15.9. The van der Waals surface area contributed by atoms with Crippen LogP contribution in [0.3, 0.4) is 0 Å². The topological polar surface area (TPSA) is 77.2 Å². The van der Waals surface area contributed by atoms with Crippen LogP contribution in [0.25, 0.3) is 11.0 Å². The van der Waals surface area contributed by atoms with Crippen molar-refractivity contribution >= 4 is 16.9 Å². The number of fused-ring (bicyclic) bond motifs is 1. The number of hydrogen-bond acceptors (Lipinski definition) is 5. The number of aromatic nitrogens is 2. The Bertz CT molecular complexity index is 771. The number of amides is 1. The summed E-state index contributed by atoms with van der Waals surface area (Å²) in [5.41, 5.74) is 2.35. The molecule has 1 heterocycles. The minimum absolute atomic E-state index is 0.0000337. The van der Waals surface area contributed by atoms with E-state index >= 15 is 0 Å². The Morgan fingerprint density at radius 3 is 2.78 bits per heavy atom. The number of carbonyl (C=O) groups excluding carboxylic acids is 1. The van der Waals surface area contributed by atoms with Crippen LogP contribution >= 0.6 is 0 Å². The van der Waals surface area contributed by atoms with Crippen molar-refractivity contribution in [3.05, 3.63) is 54.1 Å². The summed E-state index contributed by atoms with van der Waals surface area (Å²) >= 11 is 0. The maximum atomic E-state index is 11.8. The normalized spacial score (nSPS) is 10.6. The SMILES string of the molecule is O=C(CCCOc1ccccc1)NCc1ccc2nonc2c1. The predicted molar refractivity (Wildman–Crippen MR) is 84.8 cm³/mol. The zero-order valence-electron chi connectivity index (χ0n) is 12.6. The van der Waals surface area contributed by atoms with Gasteiger partial charge < -0.3 is 10.1 Å². The highest BCUT2D eigenvalue weighted by molar-refractivity contribution is 5.76. The van der Waals surface area contributed by atoms with Crippen molar-refractivity contribution in [1.29, 1.82) is 0 Å². The molecule has 1 aromatic heterocycles. The fourth-order valence-electron chi connectivity index (χ4n) is 2.17. The van der Waals surface area contributed by atoms with Crippen LogP contribution in [0, 0.1) is 0 Å². The summed E-state index contributed by atoms with van der Waals surface area (Å²) in [6.07, 6.45) is 1.10. The molecule has 2 aromatic carbocycles.